The van der Waals surface area contributed by atoms with Crippen LogP contribution in [0.2, 0.25) is 0 Å². The molecule has 0 fully saturated rings. The molecule has 1 aliphatic carbocycles. The van der Waals surface area contributed by atoms with Crippen LogP contribution in [0.1, 0.15) is 19.8 Å². The first-order valence-corrected chi connectivity index (χ1v) is 3.85. The van der Waals surface area contributed by atoms with Crippen LogP contribution in [0.5, 0.6) is 0 Å². The molecule has 0 atom stereocenters. The molecule has 1 aliphatic rings. The summed E-state index contributed by atoms with van der Waals surface area (Å²) < 4.78 is 5.17. The van der Waals surface area contributed by atoms with Gasteiger partial charge >= 0.3 is 0 Å². The smallest absolute Gasteiger partial charge is 0.140 e. The van der Waals surface area contributed by atoms with Gasteiger partial charge in [0.25, 0.3) is 0 Å². The second kappa shape index (κ2) is 3.46. The van der Waals surface area contributed by atoms with Crippen LogP contribution in [0.4, 0.5) is 0 Å². The van der Waals surface area contributed by atoms with Gasteiger partial charge in [0.1, 0.15) is 5.76 Å². The summed E-state index contributed by atoms with van der Waals surface area (Å²) in [5, 5.41) is 0. The molecular weight excluding hydrogens is 138 g/mol. The van der Waals surface area contributed by atoms with Crippen LogP contribution in [-0.2, 0) is 4.74 Å². The van der Waals surface area contributed by atoms with Crippen molar-refractivity contribution >= 4 is 0 Å². The van der Waals surface area contributed by atoms with Crippen molar-refractivity contribution in [2.45, 2.75) is 19.8 Å². The van der Waals surface area contributed by atoms with Gasteiger partial charge in [-0.2, -0.15) is 0 Å². The Kier molecular flexibility index (Phi) is 2.58. The molecule has 2 N–H and O–H groups in total. The zero-order chi connectivity index (χ0) is 8.27. The lowest BCUT2D eigenvalue weighted by molar-refractivity contribution is 0.291. The summed E-state index contributed by atoms with van der Waals surface area (Å²) in [7, 11) is 1.66. The number of ether oxygens (including phenoxy) is 1. The molecule has 0 aromatic carbocycles. The third-order valence-electron chi connectivity index (χ3n) is 1.83. The van der Waals surface area contributed by atoms with Gasteiger partial charge < -0.3 is 10.5 Å². The Morgan fingerprint density at radius 2 is 2.36 bits per heavy atom. The minimum Gasteiger partial charge on any atom is -0.495 e. The molecule has 0 aromatic heterocycles. The second-order valence-electron chi connectivity index (χ2n) is 2.54. The van der Waals surface area contributed by atoms with E-state index in [1.54, 1.807) is 7.11 Å². The lowest BCUT2D eigenvalue weighted by atomic mass is 10.0. The Hall–Kier alpha value is -0.920. The molecule has 0 aromatic rings. The van der Waals surface area contributed by atoms with Crippen LogP contribution in [0, 0.1) is 6.42 Å². The van der Waals surface area contributed by atoms with Crippen molar-refractivity contribution in [2.24, 2.45) is 5.73 Å². The van der Waals surface area contributed by atoms with E-state index < -0.39 is 0 Å². The van der Waals surface area contributed by atoms with E-state index in [4.69, 9.17) is 10.5 Å². The molecule has 2 nitrogen and oxygen atoms in total. The normalized spacial score (nSPS) is 18.2. The predicted octanol–water partition coefficient (Wildman–Crippen LogP) is 1.75. The first-order chi connectivity index (χ1) is 5.29. The number of methoxy groups -OCH3 is 1. The predicted molar refractivity (Wildman–Crippen MR) is 45.5 cm³/mol. The largest absolute Gasteiger partial charge is 0.495 e. The quantitative estimate of drug-likeness (QED) is 0.654. The Morgan fingerprint density at radius 1 is 1.64 bits per heavy atom. The van der Waals surface area contributed by atoms with Gasteiger partial charge in [0.05, 0.1) is 12.8 Å². The lowest BCUT2D eigenvalue weighted by Gasteiger charge is -2.16. The van der Waals surface area contributed by atoms with E-state index >= 15 is 0 Å². The third kappa shape index (κ3) is 1.56. The molecule has 0 unspecified atom stereocenters. The third-order valence-corrected chi connectivity index (χ3v) is 1.83. The van der Waals surface area contributed by atoms with Crippen molar-refractivity contribution in [1.29, 1.82) is 0 Å². The van der Waals surface area contributed by atoms with E-state index in [9.17, 15) is 0 Å². The SMILES string of the molecule is CCC1=C[CH]CC(N)=C1OC. The Labute approximate surface area is 67.7 Å². The molecule has 0 heterocycles. The maximum atomic E-state index is 5.74. The fourth-order valence-electron chi connectivity index (χ4n) is 1.24. The van der Waals surface area contributed by atoms with Crippen LogP contribution in [-0.4, -0.2) is 7.11 Å². The van der Waals surface area contributed by atoms with E-state index in [2.05, 4.69) is 19.4 Å². The van der Waals surface area contributed by atoms with Crippen LogP contribution >= 0.6 is 0 Å². The van der Waals surface area contributed by atoms with Crippen LogP contribution < -0.4 is 5.73 Å². The molecule has 0 saturated heterocycles. The van der Waals surface area contributed by atoms with E-state index in [1.807, 2.05) is 0 Å². The average Bonchev–Trinajstić information content (AvgIpc) is 2.04. The lowest BCUT2D eigenvalue weighted by Crippen LogP contribution is -2.09. The van der Waals surface area contributed by atoms with Gasteiger partial charge in [-0.1, -0.05) is 13.0 Å². The molecule has 0 aliphatic heterocycles. The van der Waals surface area contributed by atoms with Crippen molar-refractivity contribution in [3.63, 3.8) is 0 Å². The van der Waals surface area contributed by atoms with Crippen LogP contribution in [0.15, 0.2) is 23.1 Å². The summed E-state index contributed by atoms with van der Waals surface area (Å²) in [5.74, 6) is 0.870. The number of allylic oxidation sites excluding steroid dienone is 3. The van der Waals surface area contributed by atoms with Crippen molar-refractivity contribution < 1.29 is 4.74 Å². The van der Waals surface area contributed by atoms with E-state index in [0.29, 0.717) is 0 Å². The molecule has 1 rings (SSSR count). The molecule has 0 saturated carbocycles. The van der Waals surface area contributed by atoms with Gasteiger partial charge in [0, 0.05) is 0 Å². The monoisotopic (exact) mass is 152 g/mol. The van der Waals surface area contributed by atoms with E-state index in [0.717, 1.165) is 24.3 Å². The summed E-state index contributed by atoms with van der Waals surface area (Å²) in [4.78, 5) is 0. The van der Waals surface area contributed by atoms with E-state index in [-0.39, 0.29) is 0 Å². The average molecular weight is 152 g/mol. The molecular formula is C9H14NO. The van der Waals surface area contributed by atoms with Gasteiger partial charge in [-0.3, -0.25) is 0 Å². The zero-order valence-corrected chi connectivity index (χ0v) is 7.05. The highest BCUT2D eigenvalue weighted by molar-refractivity contribution is 5.36. The van der Waals surface area contributed by atoms with Crippen LogP contribution in [0.25, 0.3) is 0 Å². The highest BCUT2D eigenvalue weighted by atomic mass is 16.5. The molecule has 0 amide bonds. The van der Waals surface area contributed by atoms with Gasteiger partial charge in [-0.05, 0) is 24.8 Å². The number of hydrogen-bond acceptors (Lipinski definition) is 2. The summed E-state index contributed by atoms with van der Waals surface area (Å²) in [6, 6.07) is 0. The topological polar surface area (TPSA) is 35.2 Å². The summed E-state index contributed by atoms with van der Waals surface area (Å²) in [6.45, 7) is 2.09. The molecule has 2 heteroatoms. The zero-order valence-electron chi connectivity index (χ0n) is 7.05. The molecule has 0 spiro atoms. The van der Waals surface area contributed by atoms with Gasteiger partial charge in [0.15, 0.2) is 0 Å². The van der Waals surface area contributed by atoms with Crippen molar-refractivity contribution in [2.75, 3.05) is 7.11 Å². The summed E-state index contributed by atoms with van der Waals surface area (Å²) in [5.41, 5.74) is 7.77. The number of nitrogens with two attached hydrogens (primary N) is 1. The molecule has 61 valence electrons. The van der Waals surface area contributed by atoms with Crippen molar-refractivity contribution in [3.05, 3.63) is 29.5 Å². The first kappa shape index (κ1) is 8.18. The highest BCUT2D eigenvalue weighted by Crippen LogP contribution is 2.23. The van der Waals surface area contributed by atoms with Gasteiger partial charge in [-0.25, -0.2) is 0 Å². The summed E-state index contributed by atoms with van der Waals surface area (Å²) in [6.07, 6.45) is 5.93. The highest BCUT2D eigenvalue weighted by Gasteiger charge is 2.12. The van der Waals surface area contributed by atoms with Gasteiger partial charge in [0.2, 0.25) is 0 Å². The van der Waals surface area contributed by atoms with Gasteiger partial charge in [-0.15, -0.1) is 0 Å². The Balaban J connectivity index is 2.86. The van der Waals surface area contributed by atoms with Crippen molar-refractivity contribution in [3.8, 4) is 0 Å². The molecule has 11 heavy (non-hydrogen) atoms. The minimum absolute atomic E-state index is 0.812. The summed E-state index contributed by atoms with van der Waals surface area (Å²) >= 11 is 0. The Morgan fingerprint density at radius 3 is 2.82 bits per heavy atom. The maximum Gasteiger partial charge on any atom is 0.140 e. The van der Waals surface area contributed by atoms with Crippen LogP contribution in [0.3, 0.4) is 0 Å². The fourth-order valence-corrected chi connectivity index (χ4v) is 1.24. The minimum atomic E-state index is 0.812. The number of rotatable bonds is 2. The Bertz CT molecular complexity index is 204. The fraction of sp³-hybridized carbons (Fsp3) is 0.444. The molecule has 1 radical (unpaired) electrons. The van der Waals surface area contributed by atoms with E-state index in [1.165, 1.54) is 5.57 Å². The first-order valence-electron chi connectivity index (χ1n) is 3.85. The number of hydrogen-bond donors (Lipinski definition) is 1. The van der Waals surface area contributed by atoms with Crippen molar-refractivity contribution in [1.82, 2.24) is 0 Å². The standard InChI is InChI=1S/C9H14NO/c1-3-7-5-4-6-8(10)9(7)11-2/h4-5H,3,6,10H2,1-2H3. The second-order valence-corrected chi connectivity index (χ2v) is 2.54. The molecule has 0 bridgehead atoms. The maximum absolute atomic E-state index is 5.74.